The normalized spacial score (nSPS) is 11.9. The lowest BCUT2D eigenvalue weighted by atomic mass is 10.2. The van der Waals surface area contributed by atoms with Crippen molar-refractivity contribution in [3.63, 3.8) is 0 Å². The molecule has 0 radical (unpaired) electrons. The van der Waals surface area contributed by atoms with E-state index >= 15 is 0 Å². The summed E-state index contributed by atoms with van der Waals surface area (Å²) in [6.45, 7) is 0.867. The quantitative estimate of drug-likeness (QED) is 0.258. The minimum absolute atomic E-state index is 0. The van der Waals surface area contributed by atoms with E-state index in [1.165, 1.54) is 7.05 Å². The second-order valence-corrected chi connectivity index (χ2v) is 7.57. The van der Waals surface area contributed by atoms with Crippen LogP contribution in [0.2, 0.25) is 0 Å². The van der Waals surface area contributed by atoms with E-state index in [-0.39, 0.29) is 28.9 Å². The van der Waals surface area contributed by atoms with Gasteiger partial charge in [-0.1, -0.05) is 18.2 Å². The molecule has 28 heavy (non-hydrogen) atoms. The summed E-state index contributed by atoms with van der Waals surface area (Å²) in [6, 6.07) is 12.4. The molecular weight excluding hydrogens is 493 g/mol. The number of sulfonamides is 1. The van der Waals surface area contributed by atoms with Crippen LogP contribution >= 0.6 is 24.0 Å². The Labute approximate surface area is 180 Å². The molecule has 0 aliphatic carbocycles. The Morgan fingerprint density at radius 3 is 2.64 bits per heavy atom. The summed E-state index contributed by atoms with van der Waals surface area (Å²) >= 11 is 0. The van der Waals surface area contributed by atoms with Gasteiger partial charge in [0.25, 0.3) is 0 Å². The molecule has 2 heterocycles. The van der Waals surface area contributed by atoms with Crippen molar-refractivity contribution >= 4 is 45.6 Å². The van der Waals surface area contributed by atoms with Crippen LogP contribution in [0.1, 0.15) is 11.4 Å². The van der Waals surface area contributed by atoms with Crippen molar-refractivity contribution in [1.29, 1.82) is 0 Å². The van der Waals surface area contributed by atoms with Gasteiger partial charge >= 0.3 is 0 Å². The molecule has 150 valence electrons. The molecule has 9 nitrogen and oxygen atoms in total. The zero-order valence-electron chi connectivity index (χ0n) is 15.5. The van der Waals surface area contributed by atoms with E-state index in [1.54, 1.807) is 25.2 Å². The van der Waals surface area contributed by atoms with Gasteiger partial charge < -0.3 is 10.6 Å². The molecule has 0 spiro atoms. The van der Waals surface area contributed by atoms with Crippen LogP contribution < -0.4 is 15.4 Å². The number of fused-ring (bicyclic) bond motifs is 1. The van der Waals surface area contributed by atoms with Crippen LogP contribution in [0.25, 0.3) is 5.65 Å². The van der Waals surface area contributed by atoms with E-state index in [0.29, 0.717) is 19.0 Å². The van der Waals surface area contributed by atoms with Crippen LogP contribution in [0, 0.1) is 0 Å². The first kappa shape index (κ1) is 22.0. The zero-order valence-corrected chi connectivity index (χ0v) is 18.6. The molecule has 3 N–H and O–H groups in total. The van der Waals surface area contributed by atoms with E-state index in [1.807, 2.05) is 34.9 Å². The monoisotopic (exact) mass is 515 g/mol. The molecule has 0 amide bonds. The number of nitrogens with one attached hydrogen (secondary N) is 3. The van der Waals surface area contributed by atoms with Gasteiger partial charge in [0.05, 0.1) is 11.4 Å². The van der Waals surface area contributed by atoms with Gasteiger partial charge in [-0.15, -0.1) is 34.2 Å². The number of guanidine groups is 1. The number of pyridine rings is 1. The Kier molecular flexibility index (Phi) is 7.71. The number of aromatic nitrogens is 3. The third kappa shape index (κ3) is 5.17. The molecule has 0 atom stereocenters. The number of benzene rings is 1. The van der Waals surface area contributed by atoms with E-state index in [9.17, 15) is 8.42 Å². The van der Waals surface area contributed by atoms with E-state index < -0.39 is 10.0 Å². The number of aliphatic imine (C=N–C) groups is 1. The molecule has 3 aromatic rings. The molecule has 0 saturated carbocycles. The number of halogens is 1. The third-order valence-electron chi connectivity index (χ3n) is 3.96. The van der Waals surface area contributed by atoms with Gasteiger partial charge in [0, 0.05) is 19.8 Å². The number of hydrogen-bond donors (Lipinski definition) is 3. The lowest BCUT2D eigenvalue weighted by molar-refractivity contribution is 0.588. The zero-order chi connectivity index (χ0) is 19.3. The van der Waals surface area contributed by atoms with E-state index in [0.717, 1.165) is 17.0 Å². The molecule has 0 fully saturated rings. The predicted molar refractivity (Wildman–Crippen MR) is 118 cm³/mol. The largest absolute Gasteiger partial charge is 0.352 e. The van der Waals surface area contributed by atoms with Gasteiger partial charge in [0.2, 0.25) is 10.0 Å². The summed E-state index contributed by atoms with van der Waals surface area (Å²) in [7, 11) is -0.412. The van der Waals surface area contributed by atoms with Crippen molar-refractivity contribution in [2.24, 2.45) is 4.99 Å². The maximum atomic E-state index is 11.9. The fourth-order valence-corrected chi connectivity index (χ4v) is 3.32. The van der Waals surface area contributed by atoms with E-state index in [2.05, 4.69) is 30.5 Å². The Bertz CT molecular complexity index is 1070. The van der Waals surface area contributed by atoms with Crippen LogP contribution in [-0.2, 0) is 23.1 Å². The minimum atomic E-state index is -3.47. The summed E-state index contributed by atoms with van der Waals surface area (Å²) in [5, 5.41) is 14.6. The number of nitrogens with zero attached hydrogens (tertiary/aromatic N) is 4. The highest BCUT2D eigenvalue weighted by Crippen LogP contribution is 2.11. The first-order valence-corrected chi connectivity index (χ1v) is 9.77. The van der Waals surface area contributed by atoms with Gasteiger partial charge in [-0.25, -0.2) is 13.1 Å². The van der Waals surface area contributed by atoms with Crippen molar-refractivity contribution in [2.75, 3.05) is 14.1 Å². The highest BCUT2D eigenvalue weighted by atomic mass is 127. The summed E-state index contributed by atoms with van der Waals surface area (Å²) in [4.78, 5) is 4.40. The molecule has 0 unspecified atom stereocenters. The molecule has 0 bridgehead atoms. The standard InChI is InChI=1S/C17H21N7O2S.HI/c1-18-17(21-12-16-23-22-15-8-3-4-9-24(15)16)20-11-13-6-5-7-14(10-13)27(25,26)19-2;/h3-10,19H,11-12H2,1-2H3,(H2,18,20,21);1H. The smallest absolute Gasteiger partial charge is 0.240 e. The Balaban J connectivity index is 0.00000280. The first-order chi connectivity index (χ1) is 13.0. The summed E-state index contributed by atoms with van der Waals surface area (Å²) in [5.74, 6) is 1.33. The summed E-state index contributed by atoms with van der Waals surface area (Å²) < 4.78 is 28.0. The van der Waals surface area contributed by atoms with Gasteiger partial charge in [0.1, 0.15) is 0 Å². The van der Waals surface area contributed by atoms with Crippen LogP contribution in [0.15, 0.2) is 58.5 Å². The lowest BCUT2D eigenvalue weighted by Crippen LogP contribution is -2.36. The topological polar surface area (TPSA) is 113 Å². The molecule has 3 rings (SSSR count). The Morgan fingerprint density at radius 1 is 1.11 bits per heavy atom. The maximum absolute atomic E-state index is 11.9. The molecule has 11 heteroatoms. The van der Waals surface area contributed by atoms with Crippen LogP contribution in [-0.4, -0.2) is 43.1 Å². The summed E-state index contributed by atoms with van der Waals surface area (Å²) in [6.07, 6.45) is 1.90. The molecule has 2 aromatic heterocycles. The highest BCUT2D eigenvalue weighted by molar-refractivity contribution is 14.0. The number of rotatable bonds is 6. The van der Waals surface area contributed by atoms with Crippen molar-refractivity contribution in [1.82, 2.24) is 30.0 Å². The highest BCUT2D eigenvalue weighted by Gasteiger charge is 2.11. The molecule has 0 saturated heterocycles. The maximum Gasteiger partial charge on any atom is 0.240 e. The van der Waals surface area contributed by atoms with Crippen LogP contribution in [0.4, 0.5) is 0 Å². The second kappa shape index (κ2) is 9.80. The fraction of sp³-hybridized carbons (Fsp3) is 0.235. The Hall–Kier alpha value is -2.25. The van der Waals surface area contributed by atoms with Gasteiger partial charge in [0.15, 0.2) is 17.4 Å². The average molecular weight is 515 g/mol. The lowest BCUT2D eigenvalue weighted by Gasteiger charge is -2.12. The Morgan fingerprint density at radius 2 is 1.89 bits per heavy atom. The predicted octanol–water partition coefficient (Wildman–Crippen LogP) is 1.12. The van der Waals surface area contributed by atoms with Crippen LogP contribution in [0.3, 0.4) is 0 Å². The second-order valence-electron chi connectivity index (χ2n) is 5.68. The van der Waals surface area contributed by atoms with E-state index in [4.69, 9.17) is 0 Å². The van der Waals surface area contributed by atoms with Gasteiger partial charge in [-0.2, -0.15) is 0 Å². The van der Waals surface area contributed by atoms with Crippen molar-refractivity contribution in [2.45, 2.75) is 18.0 Å². The van der Waals surface area contributed by atoms with Crippen LogP contribution in [0.5, 0.6) is 0 Å². The van der Waals surface area contributed by atoms with Crippen molar-refractivity contribution < 1.29 is 8.42 Å². The molecule has 0 aliphatic rings. The SMILES string of the molecule is CN=C(NCc1cccc(S(=O)(=O)NC)c1)NCc1nnc2ccccn12.I. The first-order valence-electron chi connectivity index (χ1n) is 8.29. The fourth-order valence-electron chi connectivity index (χ4n) is 2.52. The molecular formula is C17H22IN7O2S. The van der Waals surface area contributed by atoms with Crippen molar-refractivity contribution in [3.8, 4) is 0 Å². The van der Waals surface area contributed by atoms with Gasteiger partial charge in [-0.05, 0) is 36.9 Å². The molecule has 0 aliphatic heterocycles. The summed E-state index contributed by atoms with van der Waals surface area (Å²) in [5.41, 5.74) is 1.60. The minimum Gasteiger partial charge on any atom is -0.352 e. The van der Waals surface area contributed by atoms with Crippen molar-refractivity contribution in [3.05, 3.63) is 60.0 Å². The third-order valence-corrected chi connectivity index (χ3v) is 5.37. The van der Waals surface area contributed by atoms with Gasteiger partial charge in [-0.3, -0.25) is 9.39 Å². The average Bonchev–Trinajstić information content (AvgIpc) is 3.11. The number of hydrogen-bond acceptors (Lipinski definition) is 5. The molecule has 1 aromatic carbocycles.